The number of hydrogen-bond acceptors (Lipinski definition) is 6. The van der Waals surface area contributed by atoms with E-state index in [0.717, 1.165) is 48.1 Å². The zero-order valence-corrected chi connectivity index (χ0v) is 23.1. The Balaban J connectivity index is 1.63. The Kier molecular flexibility index (Phi) is 9.47. The molecule has 1 aliphatic carbocycles. The molecule has 38 heavy (non-hydrogen) atoms. The molecule has 1 amide bonds. The van der Waals surface area contributed by atoms with Gasteiger partial charge in [-0.2, -0.15) is 0 Å². The lowest BCUT2D eigenvalue weighted by Crippen LogP contribution is -2.49. The smallest absolute Gasteiger partial charge is 0.225 e. The highest BCUT2D eigenvalue weighted by Gasteiger charge is 2.44. The van der Waals surface area contributed by atoms with E-state index < -0.39 is 11.7 Å². The summed E-state index contributed by atoms with van der Waals surface area (Å²) in [7, 11) is 1.69. The van der Waals surface area contributed by atoms with Crippen molar-refractivity contribution < 1.29 is 24.5 Å². The Hall–Kier alpha value is -2.45. The van der Waals surface area contributed by atoms with Crippen LogP contribution < -0.4 is 10.5 Å². The molecule has 1 unspecified atom stereocenters. The molecular weight excluding hydrogens is 480 g/mol. The van der Waals surface area contributed by atoms with Crippen molar-refractivity contribution in [3.63, 3.8) is 0 Å². The zero-order valence-electron chi connectivity index (χ0n) is 23.1. The van der Waals surface area contributed by atoms with Gasteiger partial charge < -0.3 is 30.3 Å². The summed E-state index contributed by atoms with van der Waals surface area (Å²) < 4.78 is 11.8. The summed E-state index contributed by atoms with van der Waals surface area (Å²) >= 11 is 0. The van der Waals surface area contributed by atoms with Crippen LogP contribution in [-0.2, 0) is 15.1 Å². The number of nitrogens with two attached hydrogens (primary N) is 1. The number of carbonyl (C=O) groups excluding carboxylic acids is 1. The van der Waals surface area contributed by atoms with Gasteiger partial charge in [0.05, 0.1) is 11.7 Å². The molecule has 1 saturated heterocycles. The average molecular weight is 525 g/mol. The van der Waals surface area contributed by atoms with E-state index in [9.17, 15) is 15.0 Å². The Morgan fingerprint density at radius 3 is 2.53 bits per heavy atom. The Bertz CT molecular complexity index is 1060. The van der Waals surface area contributed by atoms with Crippen LogP contribution >= 0.6 is 0 Å². The lowest BCUT2D eigenvalue weighted by Gasteiger charge is -2.44. The molecule has 7 heteroatoms. The number of carbonyl (C=O) groups is 1. The topological polar surface area (TPSA) is 105 Å². The number of methoxy groups -OCH3 is 1. The molecule has 2 fully saturated rings. The van der Waals surface area contributed by atoms with Gasteiger partial charge in [0.1, 0.15) is 11.5 Å². The Labute approximate surface area is 226 Å². The van der Waals surface area contributed by atoms with Crippen LogP contribution in [0.3, 0.4) is 0 Å². The summed E-state index contributed by atoms with van der Waals surface area (Å²) in [6, 6.07) is 13.5. The first-order chi connectivity index (χ1) is 18.2. The van der Waals surface area contributed by atoms with Crippen LogP contribution in [0.25, 0.3) is 0 Å². The molecule has 4 rings (SSSR count). The van der Waals surface area contributed by atoms with Crippen molar-refractivity contribution >= 4 is 5.91 Å². The summed E-state index contributed by atoms with van der Waals surface area (Å²) in [6.45, 7) is 5.82. The van der Waals surface area contributed by atoms with Crippen LogP contribution in [0.1, 0.15) is 61.6 Å². The van der Waals surface area contributed by atoms with Crippen molar-refractivity contribution in [1.29, 1.82) is 0 Å². The summed E-state index contributed by atoms with van der Waals surface area (Å²) in [5.41, 5.74) is 7.66. The molecule has 0 bridgehead atoms. The molecule has 0 radical (unpaired) electrons. The molecule has 0 aromatic heterocycles. The minimum absolute atomic E-state index is 0.0449. The van der Waals surface area contributed by atoms with E-state index in [1.165, 1.54) is 0 Å². The van der Waals surface area contributed by atoms with Gasteiger partial charge in [-0.3, -0.25) is 4.79 Å². The molecular formula is C31H44N2O5. The van der Waals surface area contributed by atoms with Crippen molar-refractivity contribution in [2.45, 2.75) is 76.5 Å². The maximum Gasteiger partial charge on any atom is 0.225 e. The SMILES string of the molecule is COCCCC[C@@](O)(c1ccccc1Oc1c(C)cccc1C)C1CCCN(C(=O)[C@H]2C[C@@H](N)[C@@H](O)C2)C1. The van der Waals surface area contributed by atoms with Crippen molar-refractivity contribution in [2.75, 3.05) is 26.8 Å². The number of nitrogens with zero attached hydrogens (tertiary/aromatic N) is 1. The Morgan fingerprint density at radius 1 is 1.11 bits per heavy atom. The minimum atomic E-state index is -1.18. The molecule has 208 valence electrons. The minimum Gasteiger partial charge on any atom is -0.456 e. The van der Waals surface area contributed by atoms with E-state index >= 15 is 0 Å². The first kappa shape index (κ1) is 28.6. The van der Waals surface area contributed by atoms with E-state index in [1.807, 2.05) is 61.2 Å². The van der Waals surface area contributed by atoms with E-state index in [-0.39, 0.29) is 23.8 Å². The second-order valence-electron chi connectivity index (χ2n) is 11.2. The molecule has 1 heterocycles. The normalized spacial score (nSPS) is 25.3. The average Bonchev–Trinajstić information content (AvgIpc) is 3.26. The lowest BCUT2D eigenvalue weighted by atomic mass is 9.73. The summed E-state index contributed by atoms with van der Waals surface area (Å²) in [5, 5.41) is 22.7. The van der Waals surface area contributed by atoms with E-state index in [0.29, 0.717) is 44.7 Å². The molecule has 5 atom stereocenters. The molecule has 7 nitrogen and oxygen atoms in total. The fourth-order valence-electron chi connectivity index (χ4n) is 6.26. The van der Waals surface area contributed by atoms with Crippen LogP contribution in [-0.4, -0.2) is 60.0 Å². The highest BCUT2D eigenvalue weighted by Crippen LogP contribution is 2.45. The zero-order chi connectivity index (χ0) is 27.3. The number of unbranched alkanes of at least 4 members (excludes halogenated alkanes) is 1. The van der Waals surface area contributed by atoms with Gasteiger partial charge in [-0.05, 0) is 76.0 Å². The maximum absolute atomic E-state index is 13.4. The van der Waals surface area contributed by atoms with Gasteiger partial charge in [0, 0.05) is 50.2 Å². The third-order valence-electron chi connectivity index (χ3n) is 8.47. The molecule has 2 aromatic rings. The molecule has 4 N–H and O–H groups in total. The standard InChI is InChI=1S/C31H44N2O5/c1-21-10-8-11-22(2)29(21)38-28-14-5-4-13-25(28)31(36,15-6-7-17-37-3)24-12-9-16-33(20-24)30(35)23-18-26(32)27(34)19-23/h4-5,8,10-11,13-14,23-24,26-27,34,36H,6-7,9,12,15-20,32H2,1-3H3/t23-,24?,26+,27-,31-/m0/s1. The van der Waals surface area contributed by atoms with Crippen LogP contribution in [0.4, 0.5) is 0 Å². The number of aliphatic hydroxyl groups is 2. The number of aliphatic hydroxyl groups excluding tert-OH is 1. The van der Waals surface area contributed by atoms with E-state index in [2.05, 4.69) is 0 Å². The van der Waals surface area contributed by atoms with Crippen LogP contribution in [0.5, 0.6) is 11.5 Å². The van der Waals surface area contributed by atoms with Crippen LogP contribution in [0, 0.1) is 25.7 Å². The lowest BCUT2D eigenvalue weighted by molar-refractivity contribution is -0.141. The quantitative estimate of drug-likeness (QED) is 0.397. The van der Waals surface area contributed by atoms with Crippen molar-refractivity contribution in [3.05, 3.63) is 59.2 Å². The number of aryl methyl sites for hydroxylation is 2. The summed E-state index contributed by atoms with van der Waals surface area (Å²) in [4.78, 5) is 15.3. The fourth-order valence-corrected chi connectivity index (χ4v) is 6.26. The number of likely N-dealkylation sites (tertiary alicyclic amines) is 1. The maximum atomic E-state index is 13.4. The van der Waals surface area contributed by atoms with Gasteiger partial charge in [-0.1, -0.05) is 36.4 Å². The number of benzene rings is 2. The number of ether oxygens (including phenoxy) is 2. The molecule has 1 aliphatic heterocycles. The monoisotopic (exact) mass is 524 g/mol. The summed E-state index contributed by atoms with van der Waals surface area (Å²) in [5.74, 6) is 1.09. The highest BCUT2D eigenvalue weighted by atomic mass is 16.5. The van der Waals surface area contributed by atoms with E-state index in [4.69, 9.17) is 15.2 Å². The van der Waals surface area contributed by atoms with Gasteiger partial charge >= 0.3 is 0 Å². The molecule has 2 aromatic carbocycles. The Morgan fingerprint density at radius 2 is 1.84 bits per heavy atom. The molecule has 1 saturated carbocycles. The van der Waals surface area contributed by atoms with Gasteiger partial charge in [-0.25, -0.2) is 0 Å². The third-order valence-corrected chi connectivity index (χ3v) is 8.47. The number of piperidine rings is 1. The highest BCUT2D eigenvalue weighted by molar-refractivity contribution is 5.79. The number of para-hydroxylation sites is 2. The van der Waals surface area contributed by atoms with Crippen molar-refractivity contribution in [2.24, 2.45) is 17.6 Å². The first-order valence-corrected chi connectivity index (χ1v) is 14.0. The van der Waals surface area contributed by atoms with Gasteiger partial charge in [-0.15, -0.1) is 0 Å². The van der Waals surface area contributed by atoms with Gasteiger partial charge in [0.2, 0.25) is 5.91 Å². The number of amides is 1. The second kappa shape index (κ2) is 12.6. The summed E-state index contributed by atoms with van der Waals surface area (Å²) in [6.07, 6.45) is 4.10. The van der Waals surface area contributed by atoms with Crippen molar-refractivity contribution in [3.8, 4) is 11.5 Å². The van der Waals surface area contributed by atoms with Gasteiger partial charge in [0.25, 0.3) is 0 Å². The predicted molar refractivity (Wildman–Crippen MR) is 148 cm³/mol. The fraction of sp³-hybridized carbons (Fsp3) is 0.581. The number of hydrogen-bond donors (Lipinski definition) is 3. The van der Waals surface area contributed by atoms with E-state index in [1.54, 1.807) is 7.11 Å². The largest absolute Gasteiger partial charge is 0.456 e. The first-order valence-electron chi connectivity index (χ1n) is 14.0. The van der Waals surface area contributed by atoms with Crippen LogP contribution in [0.2, 0.25) is 0 Å². The second-order valence-corrected chi connectivity index (χ2v) is 11.2. The third kappa shape index (κ3) is 6.23. The number of rotatable bonds is 10. The molecule has 2 aliphatic rings. The molecule has 0 spiro atoms. The van der Waals surface area contributed by atoms with Crippen molar-refractivity contribution in [1.82, 2.24) is 4.90 Å². The van der Waals surface area contributed by atoms with Gasteiger partial charge in [0.15, 0.2) is 0 Å². The predicted octanol–water partition coefficient (Wildman–Crippen LogP) is 4.44. The van der Waals surface area contributed by atoms with Crippen LogP contribution in [0.15, 0.2) is 42.5 Å².